The van der Waals surface area contributed by atoms with Crippen molar-refractivity contribution in [3.63, 3.8) is 0 Å². The molecule has 9 heteroatoms. The minimum atomic E-state index is -1.36. The number of hydrogen-bond acceptors (Lipinski definition) is 6. The maximum absolute atomic E-state index is 12.5. The summed E-state index contributed by atoms with van der Waals surface area (Å²) >= 11 is 0. The minimum absolute atomic E-state index is 0.0250. The Morgan fingerprint density at radius 1 is 1.21 bits per heavy atom. The van der Waals surface area contributed by atoms with Gasteiger partial charge in [-0.25, -0.2) is 0 Å². The molecule has 0 bridgehead atoms. The lowest BCUT2D eigenvalue weighted by Gasteiger charge is -2.33. The smallest absolute Gasteiger partial charge is 0.323 e. The van der Waals surface area contributed by atoms with Crippen LogP contribution in [0.3, 0.4) is 0 Å². The van der Waals surface area contributed by atoms with E-state index in [2.05, 4.69) is 0 Å². The van der Waals surface area contributed by atoms with Crippen LogP contribution in [0.4, 0.5) is 5.69 Å². The zero-order valence-electron chi connectivity index (χ0n) is 12.4. The number of piperidine rings is 1. The third-order valence-electron chi connectivity index (χ3n) is 4.07. The van der Waals surface area contributed by atoms with Gasteiger partial charge in [-0.1, -0.05) is 6.07 Å². The highest BCUT2D eigenvalue weighted by Crippen LogP contribution is 2.31. The van der Waals surface area contributed by atoms with Gasteiger partial charge in [-0.15, -0.1) is 0 Å². The number of carbonyl (C=O) groups excluding carboxylic acids is 4. The van der Waals surface area contributed by atoms with Crippen LogP contribution in [-0.4, -0.2) is 57.1 Å². The largest absolute Gasteiger partial charge is 0.480 e. The number of carboxylic acids is 1. The number of nitrogen functional groups attached to an aromatic ring is 1. The van der Waals surface area contributed by atoms with E-state index in [1.165, 1.54) is 18.2 Å². The first-order valence-corrected chi connectivity index (χ1v) is 7.15. The van der Waals surface area contributed by atoms with Gasteiger partial charge in [-0.2, -0.15) is 0 Å². The van der Waals surface area contributed by atoms with Crippen molar-refractivity contribution in [2.75, 3.05) is 12.3 Å². The highest BCUT2D eigenvalue weighted by atomic mass is 16.4. The third kappa shape index (κ3) is 2.21. The summed E-state index contributed by atoms with van der Waals surface area (Å²) in [5.74, 6) is -4.26. The Morgan fingerprint density at radius 2 is 1.92 bits per heavy atom. The molecule has 1 unspecified atom stereocenters. The number of rotatable bonds is 3. The molecule has 124 valence electrons. The van der Waals surface area contributed by atoms with Crippen molar-refractivity contribution in [2.24, 2.45) is 0 Å². The van der Waals surface area contributed by atoms with Gasteiger partial charge in [0.1, 0.15) is 12.6 Å². The highest BCUT2D eigenvalue weighted by molar-refractivity contribution is 6.25. The van der Waals surface area contributed by atoms with Crippen LogP contribution in [0.2, 0.25) is 0 Å². The van der Waals surface area contributed by atoms with Gasteiger partial charge in [0.05, 0.1) is 11.1 Å². The first-order chi connectivity index (χ1) is 11.3. The zero-order valence-corrected chi connectivity index (χ0v) is 12.4. The van der Waals surface area contributed by atoms with Crippen molar-refractivity contribution in [1.29, 1.82) is 0 Å². The molecule has 1 aromatic rings. The van der Waals surface area contributed by atoms with Gasteiger partial charge in [0.15, 0.2) is 0 Å². The van der Waals surface area contributed by atoms with Crippen molar-refractivity contribution < 1.29 is 29.1 Å². The van der Waals surface area contributed by atoms with Crippen LogP contribution in [0.5, 0.6) is 0 Å². The fraction of sp³-hybridized carbons (Fsp3) is 0.267. The maximum Gasteiger partial charge on any atom is 0.323 e. The lowest BCUT2D eigenvalue weighted by Crippen LogP contribution is -2.57. The van der Waals surface area contributed by atoms with Crippen LogP contribution in [0.15, 0.2) is 18.2 Å². The zero-order chi connectivity index (χ0) is 17.6. The van der Waals surface area contributed by atoms with Crippen LogP contribution in [0.25, 0.3) is 0 Å². The number of fused-ring (bicyclic) bond motifs is 1. The number of benzene rings is 1. The van der Waals surface area contributed by atoms with Gasteiger partial charge in [-0.05, 0) is 18.6 Å². The van der Waals surface area contributed by atoms with Gasteiger partial charge >= 0.3 is 5.97 Å². The van der Waals surface area contributed by atoms with Crippen LogP contribution < -0.4 is 5.73 Å². The molecule has 4 amide bonds. The van der Waals surface area contributed by atoms with Crippen LogP contribution in [0.1, 0.15) is 33.6 Å². The molecule has 0 aromatic heterocycles. The number of nitrogens with two attached hydrogens (primary N) is 1. The van der Waals surface area contributed by atoms with E-state index in [4.69, 9.17) is 10.8 Å². The molecule has 1 aromatic carbocycles. The molecule has 9 nitrogen and oxygen atoms in total. The standard InChI is InChI=1S/C15H13N3O6/c16-8-3-1-2-7-12(8)15(24)18(13(7)22)9-4-5-10(19)17(14(9)23)6-11(20)21/h1-3,9H,4-6,16H2,(H,20,21). The van der Waals surface area contributed by atoms with Crippen molar-refractivity contribution in [2.45, 2.75) is 18.9 Å². The molecule has 3 N–H and O–H groups in total. The van der Waals surface area contributed by atoms with Gasteiger partial charge in [0.25, 0.3) is 17.7 Å². The Hall–Kier alpha value is -3.23. The number of anilines is 1. The lowest BCUT2D eigenvalue weighted by atomic mass is 10.0. The van der Waals surface area contributed by atoms with Crippen molar-refractivity contribution >= 4 is 35.3 Å². The molecule has 0 aliphatic carbocycles. The number of likely N-dealkylation sites (tertiary alicyclic amines) is 1. The maximum atomic E-state index is 12.5. The molecule has 2 aliphatic rings. The fourth-order valence-corrected chi connectivity index (χ4v) is 2.97. The molecular formula is C15H13N3O6. The average Bonchev–Trinajstić information content (AvgIpc) is 2.77. The molecule has 1 atom stereocenters. The second-order valence-corrected chi connectivity index (χ2v) is 5.52. The molecule has 2 aliphatic heterocycles. The van der Waals surface area contributed by atoms with E-state index in [9.17, 15) is 24.0 Å². The minimum Gasteiger partial charge on any atom is -0.480 e. The summed E-state index contributed by atoms with van der Waals surface area (Å²) in [5, 5.41) is 8.83. The topological polar surface area (TPSA) is 138 Å². The molecule has 2 heterocycles. The van der Waals surface area contributed by atoms with Gasteiger partial charge < -0.3 is 10.8 Å². The van der Waals surface area contributed by atoms with Gasteiger partial charge in [-0.3, -0.25) is 33.8 Å². The summed E-state index contributed by atoms with van der Waals surface area (Å²) in [6, 6.07) is 3.20. The molecule has 24 heavy (non-hydrogen) atoms. The predicted molar refractivity (Wildman–Crippen MR) is 78.7 cm³/mol. The van der Waals surface area contributed by atoms with E-state index in [1.807, 2.05) is 0 Å². The second kappa shape index (κ2) is 5.44. The van der Waals surface area contributed by atoms with E-state index in [0.717, 1.165) is 4.90 Å². The summed E-state index contributed by atoms with van der Waals surface area (Å²) in [6.07, 6.45) is -0.175. The summed E-state index contributed by atoms with van der Waals surface area (Å²) in [6.45, 7) is -0.806. The number of carboxylic acid groups (broad SMARTS) is 1. The molecule has 1 fully saturated rings. The van der Waals surface area contributed by atoms with Crippen molar-refractivity contribution in [3.05, 3.63) is 29.3 Å². The van der Waals surface area contributed by atoms with Crippen molar-refractivity contribution in [3.8, 4) is 0 Å². The second-order valence-electron chi connectivity index (χ2n) is 5.52. The first-order valence-electron chi connectivity index (χ1n) is 7.15. The predicted octanol–water partition coefficient (Wildman–Crippen LogP) is -0.533. The third-order valence-corrected chi connectivity index (χ3v) is 4.07. The molecule has 0 radical (unpaired) electrons. The lowest BCUT2D eigenvalue weighted by molar-refractivity contribution is -0.157. The molecule has 3 rings (SSSR count). The van der Waals surface area contributed by atoms with E-state index in [-0.39, 0.29) is 29.7 Å². The molecular weight excluding hydrogens is 318 g/mol. The Labute approximate surface area is 135 Å². The monoisotopic (exact) mass is 331 g/mol. The van der Waals surface area contributed by atoms with E-state index in [0.29, 0.717) is 4.90 Å². The average molecular weight is 331 g/mol. The molecule has 0 saturated carbocycles. The summed E-state index contributed by atoms with van der Waals surface area (Å²) in [5.41, 5.74) is 5.98. The highest BCUT2D eigenvalue weighted by Gasteiger charge is 2.47. The number of carbonyl (C=O) groups is 5. The van der Waals surface area contributed by atoms with Crippen LogP contribution >= 0.6 is 0 Å². The van der Waals surface area contributed by atoms with E-state index in [1.54, 1.807) is 0 Å². The normalized spacial score (nSPS) is 20.6. The Kier molecular flexibility index (Phi) is 3.55. The SMILES string of the molecule is Nc1cccc2c1C(=O)N(C1CCC(=O)N(CC(=O)O)C1=O)C2=O. The Bertz CT molecular complexity index is 802. The number of aliphatic carboxylic acids is 1. The van der Waals surface area contributed by atoms with Crippen LogP contribution in [0, 0.1) is 0 Å². The number of imide groups is 2. The fourth-order valence-electron chi connectivity index (χ4n) is 2.97. The van der Waals surface area contributed by atoms with E-state index >= 15 is 0 Å². The number of amides is 4. The summed E-state index contributed by atoms with van der Waals surface area (Å²) in [4.78, 5) is 61.4. The van der Waals surface area contributed by atoms with Crippen LogP contribution in [-0.2, 0) is 14.4 Å². The van der Waals surface area contributed by atoms with Crippen molar-refractivity contribution in [1.82, 2.24) is 9.80 Å². The number of hydrogen-bond donors (Lipinski definition) is 2. The first kappa shape index (κ1) is 15.7. The quantitative estimate of drug-likeness (QED) is 0.560. The van der Waals surface area contributed by atoms with Gasteiger partial charge in [0.2, 0.25) is 5.91 Å². The summed E-state index contributed by atoms with van der Waals surface area (Å²) in [7, 11) is 0. The Morgan fingerprint density at radius 3 is 2.54 bits per heavy atom. The molecule has 1 saturated heterocycles. The Balaban J connectivity index is 1.95. The van der Waals surface area contributed by atoms with E-state index < -0.39 is 42.2 Å². The number of nitrogens with zero attached hydrogens (tertiary/aromatic N) is 2. The van der Waals surface area contributed by atoms with Gasteiger partial charge in [0, 0.05) is 12.1 Å². The molecule has 0 spiro atoms. The summed E-state index contributed by atoms with van der Waals surface area (Å²) < 4.78 is 0.